The lowest BCUT2D eigenvalue weighted by atomic mass is 9.88. The number of nitrogens with one attached hydrogen (secondary N) is 3. The number of guanidine groups is 1. The minimum atomic E-state index is -5.08. The molecule has 2 fully saturated rings. The molecule has 1 unspecified atom stereocenters. The zero-order chi connectivity index (χ0) is 31.8. The molecule has 1 saturated carbocycles. The molecule has 42 heavy (non-hydrogen) atoms. The van der Waals surface area contributed by atoms with Crippen molar-refractivity contribution in [3.63, 3.8) is 0 Å². The van der Waals surface area contributed by atoms with E-state index in [1.165, 1.54) is 11.1 Å². The highest BCUT2D eigenvalue weighted by Gasteiger charge is 2.53. The normalized spacial score (nSPS) is 24.7. The van der Waals surface area contributed by atoms with Gasteiger partial charge >= 0.3 is 12.1 Å². The first-order valence-electron chi connectivity index (χ1n) is 13.8. The highest BCUT2D eigenvalue weighted by molar-refractivity contribution is 5.99. The SMILES string of the molecule is COCC[C@@H]([C@@H]1C[C@H]1C(=O)NC1CC(C)(C)Oc2cc(C)c(C)cc21)N1C(=N)NC(C)(C)CC1=O.O=C(O)C(F)(F)F. The number of benzene rings is 1. The quantitative estimate of drug-likeness (QED) is 0.368. The van der Waals surface area contributed by atoms with Gasteiger partial charge in [0.15, 0.2) is 5.96 Å². The summed E-state index contributed by atoms with van der Waals surface area (Å²) in [4.78, 5) is 36.9. The number of hydrogen-bond acceptors (Lipinski definition) is 6. The second-order valence-corrected chi connectivity index (χ2v) is 12.6. The van der Waals surface area contributed by atoms with Gasteiger partial charge in [-0.2, -0.15) is 13.2 Å². The van der Waals surface area contributed by atoms with Gasteiger partial charge in [0.25, 0.3) is 0 Å². The molecule has 0 bridgehead atoms. The molecule has 1 aliphatic carbocycles. The van der Waals surface area contributed by atoms with E-state index in [0.717, 1.165) is 11.3 Å². The number of rotatable bonds is 7. The highest BCUT2D eigenvalue weighted by atomic mass is 19.4. The third-order valence-electron chi connectivity index (χ3n) is 7.82. The van der Waals surface area contributed by atoms with E-state index in [4.69, 9.17) is 24.8 Å². The molecule has 4 N–H and O–H groups in total. The van der Waals surface area contributed by atoms with Crippen molar-refractivity contribution in [2.75, 3.05) is 13.7 Å². The number of hydrogen-bond donors (Lipinski definition) is 4. The molecule has 0 radical (unpaired) electrons. The van der Waals surface area contributed by atoms with Crippen LogP contribution in [-0.4, -0.2) is 70.8 Å². The van der Waals surface area contributed by atoms with Crippen LogP contribution in [-0.2, 0) is 19.1 Å². The minimum absolute atomic E-state index is 0.00420. The largest absolute Gasteiger partial charge is 0.490 e. The molecule has 2 amide bonds. The Morgan fingerprint density at radius 3 is 2.38 bits per heavy atom. The van der Waals surface area contributed by atoms with Gasteiger partial charge < -0.3 is 25.2 Å². The van der Waals surface area contributed by atoms with E-state index in [0.29, 0.717) is 32.3 Å². The topological polar surface area (TPSA) is 141 Å². The number of carbonyl (C=O) groups excluding carboxylic acids is 2. The summed E-state index contributed by atoms with van der Waals surface area (Å²) in [5.41, 5.74) is 2.53. The van der Waals surface area contributed by atoms with Crippen LogP contribution < -0.4 is 15.4 Å². The first kappa shape index (κ1) is 33.2. The number of ether oxygens (including phenoxy) is 2. The molecule has 1 aromatic rings. The number of carbonyl (C=O) groups is 3. The van der Waals surface area contributed by atoms with Crippen molar-refractivity contribution in [1.82, 2.24) is 15.5 Å². The average molecular weight is 599 g/mol. The van der Waals surface area contributed by atoms with Crippen LogP contribution in [0.2, 0.25) is 0 Å². The molecular formula is C29H41F3N4O6. The van der Waals surface area contributed by atoms with Crippen LogP contribution in [0.4, 0.5) is 13.2 Å². The number of alkyl halides is 3. The van der Waals surface area contributed by atoms with E-state index in [1.54, 1.807) is 12.0 Å². The Hall–Kier alpha value is -3.35. The number of aliphatic carboxylic acids is 1. The van der Waals surface area contributed by atoms with E-state index in [-0.39, 0.29) is 47.3 Å². The third kappa shape index (κ3) is 7.93. The van der Waals surface area contributed by atoms with Crippen molar-refractivity contribution in [1.29, 1.82) is 5.41 Å². The number of halogens is 3. The van der Waals surface area contributed by atoms with Crippen molar-refractivity contribution < 1.29 is 42.1 Å². The molecule has 2 aliphatic heterocycles. The summed E-state index contributed by atoms with van der Waals surface area (Å²) < 4.78 is 43.3. The van der Waals surface area contributed by atoms with Crippen LogP contribution in [0.5, 0.6) is 5.75 Å². The van der Waals surface area contributed by atoms with Gasteiger partial charge in [-0.15, -0.1) is 0 Å². The maximum absolute atomic E-state index is 13.4. The van der Waals surface area contributed by atoms with E-state index < -0.39 is 17.7 Å². The standard InChI is InChI=1S/C27H40N4O4.C2HF3O2/c1-15-10-19-20(13-27(5,6)35-22(19)11-16(15)2)29-24(33)18-12-17(18)21(8-9-34-7)31-23(32)14-26(3,4)30-25(31)28;3-2(4,5)1(6)7/h10-11,17-18,20-21H,8-9,12-14H2,1-7H3,(H2,28,30)(H,29,33);(H,6,7)/t17-,18-,20?,21+;/m1./s1. The van der Waals surface area contributed by atoms with Crippen LogP contribution in [0.15, 0.2) is 12.1 Å². The average Bonchev–Trinajstić information content (AvgIpc) is 3.61. The number of carboxylic acids is 1. The van der Waals surface area contributed by atoms with Crippen molar-refractivity contribution in [3.8, 4) is 5.75 Å². The van der Waals surface area contributed by atoms with Crippen LogP contribution >= 0.6 is 0 Å². The monoisotopic (exact) mass is 598 g/mol. The predicted octanol–water partition coefficient (Wildman–Crippen LogP) is 4.23. The van der Waals surface area contributed by atoms with Crippen LogP contribution in [0.1, 0.15) is 76.1 Å². The molecule has 0 aromatic heterocycles. The molecule has 0 spiro atoms. The number of carboxylic acid groups (broad SMARTS) is 1. The van der Waals surface area contributed by atoms with Gasteiger partial charge in [-0.25, -0.2) is 4.79 Å². The molecular weight excluding hydrogens is 557 g/mol. The Labute approximate surface area is 243 Å². The fourth-order valence-corrected chi connectivity index (χ4v) is 5.60. The molecule has 3 aliphatic rings. The van der Waals surface area contributed by atoms with Gasteiger partial charge in [-0.3, -0.25) is 19.9 Å². The van der Waals surface area contributed by atoms with E-state index in [2.05, 4.69) is 36.6 Å². The maximum Gasteiger partial charge on any atom is 0.490 e. The predicted molar refractivity (Wildman–Crippen MR) is 148 cm³/mol. The number of methoxy groups -OCH3 is 1. The van der Waals surface area contributed by atoms with Gasteiger partial charge in [0.05, 0.1) is 6.04 Å². The Balaban J connectivity index is 0.000000616. The summed E-state index contributed by atoms with van der Waals surface area (Å²) >= 11 is 0. The number of aryl methyl sites for hydroxylation is 2. The maximum atomic E-state index is 13.4. The fraction of sp³-hybridized carbons (Fsp3) is 0.655. The summed E-state index contributed by atoms with van der Waals surface area (Å²) in [5.74, 6) is -2.05. The number of nitrogens with zero attached hydrogens (tertiary/aromatic N) is 1. The Bertz CT molecular complexity index is 1210. The van der Waals surface area contributed by atoms with E-state index in [9.17, 15) is 22.8 Å². The Morgan fingerprint density at radius 2 is 1.83 bits per heavy atom. The van der Waals surface area contributed by atoms with E-state index in [1.807, 2.05) is 27.7 Å². The molecule has 1 aromatic carbocycles. The molecule has 234 valence electrons. The number of amides is 2. The smallest absolute Gasteiger partial charge is 0.487 e. The van der Waals surface area contributed by atoms with Gasteiger partial charge in [0.1, 0.15) is 11.4 Å². The molecule has 4 atom stereocenters. The molecule has 10 nitrogen and oxygen atoms in total. The fourth-order valence-electron chi connectivity index (χ4n) is 5.60. The van der Waals surface area contributed by atoms with Crippen LogP contribution in [0, 0.1) is 31.1 Å². The van der Waals surface area contributed by atoms with Crippen molar-refractivity contribution >= 4 is 23.7 Å². The molecule has 2 heterocycles. The van der Waals surface area contributed by atoms with Gasteiger partial charge in [-0.1, -0.05) is 6.07 Å². The lowest BCUT2D eigenvalue weighted by molar-refractivity contribution is -0.192. The lowest BCUT2D eigenvalue weighted by Gasteiger charge is -2.42. The van der Waals surface area contributed by atoms with Gasteiger partial charge in [0.2, 0.25) is 11.8 Å². The lowest BCUT2D eigenvalue weighted by Crippen LogP contribution is -2.63. The van der Waals surface area contributed by atoms with Gasteiger partial charge in [-0.05, 0) is 77.5 Å². The zero-order valence-electron chi connectivity index (χ0n) is 25.1. The van der Waals surface area contributed by atoms with Crippen molar-refractivity contribution in [2.24, 2.45) is 11.8 Å². The zero-order valence-corrected chi connectivity index (χ0v) is 25.1. The van der Waals surface area contributed by atoms with Crippen molar-refractivity contribution in [3.05, 3.63) is 28.8 Å². The second kappa shape index (κ2) is 12.1. The summed E-state index contributed by atoms with van der Waals surface area (Å²) in [6.45, 7) is 12.6. The third-order valence-corrected chi connectivity index (χ3v) is 7.82. The Morgan fingerprint density at radius 1 is 1.24 bits per heavy atom. The van der Waals surface area contributed by atoms with Gasteiger partial charge in [0, 0.05) is 49.6 Å². The molecule has 1 saturated heterocycles. The summed E-state index contributed by atoms with van der Waals surface area (Å²) in [6.07, 6.45) is -2.79. The van der Waals surface area contributed by atoms with Crippen molar-refractivity contribution in [2.45, 2.75) is 96.6 Å². The summed E-state index contributed by atoms with van der Waals surface area (Å²) in [5, 5.41) is 22.1. The summed E-state index contributed by atoms with van der Waals surface area (Å²) in [7, 11) is 1.63. The molecule has 13 heteroatoms. The van der Waals surface area contributed by atoms with Crippen LogP contribution in [0.25, 0.3) is 0 Å². The first-order chi connectivity index (χ1) is 19.3. The Kier molecular flexibility index (Phi) is 9.55. The second-order valence-electron chi connectivity index (χ2n) is 12.6. The minimum Gasteiger partial charge on any atom is -0.487 e. The molecule has 4 rings (SSSR count). The highest BCUT2D eigenvalue weighted by Crippen LogP contribution is 2.47. The van der Waals surface area contributed by atoms with E-state index >= 15 is 0 Å². The first-order valence-corrected chi connectivity index (χ1v) is 13.8. The summed E-state index contributed by atoms with van der Waals surface area (Å²) in [6, 6.07) is 3.82. The van der Waals surface area contributed by atoms with Crippen LogP contribution in [0.3, 0.4) is 0 Å². The number of fused-ring (bicyclic) bond motifs is 1.